The van der Waals surface area contributed by atoms with Crippen LogP contribution in [0.3, 0.4) is 0 Å². The molecule has 1 aromatic rings. The minimum atomic E-state index is -0.279. The van der Waals surface area contributed by atoms with E-state index >= 15 is 0 Å². The number of esters is 1. The third kappa shape index (κ3) is 3.63. The number of rotatable bonds is 4. The molecule has 0 atom stereocenters. The molecule has 0 aromatic heterocycles. The summed E-state index contributed by atoms with van der Waals surface area (Å²) in [6.45, 7) is 4.37. The Morgan fingerprint density at radius 3 is 2.69 bits per heavy atom. The van der Waals surface area contributed by atoms with Crippen LogP contribution in [0.1, 0.15) is 29.8 Å². The molecule has 88 valence electrons. The maximum absolute atomic E-state index is 11.4. The number of hydrogen-bond donors (Lipinski definition) is 0. The molecule has 0 heterocycles. The molecule has 0 unspecified atom stereocenters. The molecule has 0 aliphatic rings. The Kier molecular flexibility index (Phi) is 4.54. The molecule has 0 radical (unpaired) electrons. The number of ether oxygens (including phenoxy) is 1. The molecular formula is C13H17BrO2. The van der Waals surface area contributed by atoms with E-state index in [9.17, 15) is 4.79 Å². The molecule has 0 N–H and O–H groups in total. The van der Waals surface area contributed by atoms with E-state index in [4.69, 9.17) is 4.74 Å². The second kappa shape index (κ2) is 5.48. The molecule has 16 heavy (non-hydrogen) atoms. The summed E-state index contributed by atoms with van der Waals surface area (Å²) >= 11 is 3.50. The first-order valence-corrected chi connectivity index (χ1v) is 6.34. The van der Waals surface area contributed by atoms with Crippen LogP contribution in [0.5, 0.6) is 0 Å². The molecule has 0 bridgehead atoms. The van der Waals surface area contributed by atoms with Gasteiger partial charge < -0.3 is 4.74 Å². The van der Waals surface area contributed by atoms with E-state index in [1.54, 1.807) is 6.07 Å². The predicted molar refractivity (Wildman–Crippen MR) is 69.1 cm³/mol. The van der Waals surface area contributed by atoms with Crippen molar-refractivity contribution in [1.29, 1.82) is 0 Å². The SMILES string of the molecule is COC(=O)c1cccc(CC(C)(C)CBr)c1. The Bertz CT molecular complexity index is 372. The summed E-state index contributed by atoms with van der Waals surface area (Å²) in [7, 11) is 1.40. The summed E-state index contributed by atoms with van der Waals surface area (Å²) < 4.78 is 4.70. The number of carbonyl (C=O) groups is 1. The third-order valence-electron chi connectivity index (χ3n) is 2.39. The van der Waals surface area contributed by atoms with E-state index in [0.29, 0.717) is 5.56 Å². The second-order valence-electron chi connectivity index (χ2n) is 4.67. The van der Waals surface area contributed by atoms with Gasteiger partial charge in [0.15, 0.2) is 0 Å². The lowest BCUT2D eigenvalue weighted by Crippen LogP contribution is -2.16. The first-order chi connectivity index (χ1) is 7.48. The van der Waals surface area contributed by atoms with E-state index in [-0.39, 0.29) is 11.4 Å². The van der Waals surface area contributed by atoms with E-state index in [1.807, 2.05) is 18.2 Å². The fourth-order valence-electron chi connectivity index (χ4n) is 1.53. The van der Waals surface area contributed by atoms with E-state index in [2.05, 4.69) is 29.8 Å². The number of methoxy groups -OCH3 is 1. The van der Waals surface area contributed by atoms with Gasteiger partial charge >= 0.3 is 5.97 Å². The molecule has 0 amide bonds. The van der Waals surface area contributed by atoms with Gasteiger partial charge in [-0.2, -0.15) is 0 Å². The Hall–Kier alpha value is -0.830. The molecule has 1 rings (SSSR count). The lowest BCUT2D eigenvalue weighted by molar-refractivity contribution is 0.0600. The van der Waals surface area contributed by atoms with Gasteiger partial charge in [0.25, 0.3) is 0 Å². The van der Waals surface area contributed by atoms with Gasteiger partial charge in [0.2, 0.25) is 0 Å². The maximum Gasteiger partial charge on any atom is 0.337 e. The van der Waals surface area contributed by atoms with Crippen molar-refractivity contribution < 1.29 is 9.53 Å². The lowest BCUT2D eigenvalue weighted by atomic mass is 9.87. The van der Waals surface area contributed by atoms with Crippen LogP contribution in [0.2, 0.25) is 0 Å². The summed E-state index contributed by atoms with van der Waals surface area (Å²) in [5, 5.41) is 0.933. The average molecular weight is 285 g/mol. The van der Waals surface area contributed by atoms with Crippen molar-refractivity contribution in [3.63, 3.8) is 0 Å². The van der Waals surface area contributed by atoms with E-state index in [0.717, 1.165) is 17.3 Å². The van der Waals surface area contributed by atoms with Crippen LogP contribution in [0.4, 0.5) is 0 Å². The van der Waals surface area contributed by atoms with Gasteiger partial charge in [-0.05, 0) is 29.5 Å². The van der Waals surface area contributed by atoms with Crippen molar-refractivity contribution in [3.05, 3.63) is 35.4 Å². The van der Waals surface area contributed by atoms with Crippen molar-refractivity contribution in [1.82, 2.24) is 0 Å². The molecule has 0 aliphatic carbocycles. The summed E-state index contributed by atoms with van der Waals surface area (Å²) in [5.74, 6) is -0.279. The van der Waals surface area contributed by atoms with Crippen LogP contribution in [-0.4, -0.2) is 18.4 Å². The Morgan fingerprint density at radius 2 is 2.12 bits per heavy atom. The standard InChI is InChI=1S/C13H17BrO2/c1-13(2,9-14)8-10-5-4-6-11(7-10)12(15)16-3/h4-7H,8-9H2,1-3H3. The fourth-order valence-corrected chi connectivity index (χ4v) is 1.72. The zero-order valence-corrected chi connectivity index (χ0v) is 11.5. The maximum atomic E-state index is 11.4. The van der Waals surface area contributed by atoms with Gasteiger partial charge in [0.05, 0.1) is 12.7 Å². The zero-order valence-electron chi connectivity index (χ0n) is 9.92. The van der Waals surface area contributed by atoms with Gasteiger partial charge in [0.1, 0.15) is 0 Å². The predicted octanol–water partition coefficient (Wildman–Crippen LogP) is 3.44. The highest BCUT2D eigenvalue weighted by Gasteiger charge is 2.17. The molecule has 0 aliphatic heterocycles. The topological polar surface area (TPSA) is 26.3 Å². The van der Waals surface area contributed by atoms with Crippen molar-refractivity contribution in [3.8, 4) is 0 Å². The minimum Gasteiger partial charge on any atom is -0.465 e. The van der Waals surface area contributed by atoms with Crippen molar-refractivity contribution in [2.75, 3.05) is 12.4 Å². The number of halogens is 1. The Labute approximate surface area is 105 Å². The number of alkyl halides is 1. The Balaban J connectivity index is 2.87. The van der Waals surface area contributed by atoms with Crippen LogP contribution < -0.4 is 0 Å². The molecule has 0 saturated carbocycles. The smallest absolute Gasteiger partial charge is 0.337 e. The van der Waals surface area contributed by atoms with Gasteiger partial charge in [-0.15, -0.1) is 0 Å². The van der Waals surface area contributed by atoms with Crippen LogP contribution in [0.25, 0.3) is 0 Å². The molecule has 3 heteroatoms. The average Bonchev–Trinajstić information content (AvgIpc) is 2.28. The summed E-state index contributed by atoms with van der Waals surface area (Å²) in [6.07, 6.45) is 0.934. The molecule has 2 nitrogen and oxygen atoms in total. The highest BCUT2D eigenvalue weighted by molar-refractivity contribution is 9.09. The van der Waals surface area contributed by atoms with Crippen LogP contribution >= 0.6 is 15.9 Å². The molecule has 0 saturated heterocycles. The van der Waals surface area contributed by atoms with Gasteiger partial charge in [0, 0.05) is 5.33 Å². The van der Waals surface area contributed by atoms with E-state index in [1.165, 1.54) is 7.11 Å². The van der Waals surface area contributed by atoms with Gasteiger partial charge in [-0.3, -0.25) is 0 Å². The Morgan fingerprint density at radius 1 is 1.44 bits per heavy atom. The third-order valence-corrected chi connectivity index (χ3v) is 3.91. The molecular weight excluding hydrogens is 268 g/mol. The number of hydrogen-bond acceptors (Lipinski definition) is 2. The first-order valence-electron chi connectivity index (χ1n) is 5.22. The highest BCUT2D eigenvalue weighted by atomic mass is 79.9. The number of carbonyl (C=O) groups excluding carboxylic acids is 1. The normalized spacial score (nSPS) is 11.2. The van der Waals surface area contributed by atoms with Gasteiger partial charge in [-0.1, -0.05) is 41.9 Å². The van der Waals surface area contributed by atoms with Crippen molar-refractivity contribution in [2.45, 2.75) is 20.3 Å². The highest BCUT2D eigenvalue weighted by Crippen LogP contribution is 2.24. The van der Waals surface area contributed by atoms with E-state index < -0.39 is 0 Å². The fraction of sp³-hybridized carbons (Fsp3) is 0.462. The lowest BCUT2D eigenvalue weighted by Gasteiger charge is -2.21. The molecule has 0 fully saturated rings. The van der Waals surface area contributed by atoms with Crippen LogP contribution in [-0.2, 0) is 11.2 Å². The van der Waals surface area contributed by atoms with Crippen LogP contribution in [0, 0.1) is 5.41 Å². The minimum absolute atomic E-state index is 0.189. The van der Waals surface area contributed by atoms with Crippen molar-refractivity contribution in [2.24, 2.45) is 5.41 Å². The summed E-state index contributed by atoms with van der Waals surface area (Å²) in [6, 6.07) is 7.61. The number of benzene rings is 1. The summed E-state index contributed by atoms with van der Waals surface area (Å²) in [5.41, 5.74) is 1.96. The largest absolute Gasteiger partial charge is 0.465 e. The van der Waals surface area contributed by atoms with Gasteiger partial charge in [-0.25, -0.2) is 4.79 Å². The monoisotopic (exact) mass is 284 g/mol. The second-order valence-corrected chi connectivity index (χ2v) is 5.23. The quantitative estimate of drug-likeness (QED) is 0.625. The van der Waals surface area contributed by atoms with Crippen LogP contribution in [0.15, 0.2) is 24.3 Å². The molecule has 0 spiro atoms. The molecule has 1 aromatic carbocycles. The summed E-state index contributed by atoms with van der Waals surface area (Å²) in [4.78, 5) is 11.4. The zero-order chi connectivity index (χ0) is 12.2. The van der Waals surface area contributed by atoms with Crippen molar-refractivity contribution >= 4 is 21.9 Å². The first kappa shape index (κ1) is 13.2.